The first-order valence-electron chi connectivity index (χ1n) is 16.3. The Morgan fingerprint density at radius 2 is 0.938 bits per heavy atom. The Morgan fingerprint density at radius 3 is 1.71 bits per heavy atom. The molecule has 0 aliphatic carbocycles. The molecule has 0 unspecified atom stereocenters. The van der Waals surface area contributed by atoms with Gasteiger partial charge in [0.25, 0.3) is 0 Å². The quantitative estimate of drug-likeness (QED) is 0.185. The molecule has 0 aliphatic rings. The van der Waals surface area contributed by atoms with Crippen LogP contribution >= 0.6 is 0 Å². The summed E-state index contributed by atoms with van der Waals surface area (Å²) >= 11 is 0. The maximum absolute atomic E-state index is 6.72. The molecular weight excluding hydrogens is 583 g/mol. The third-order valence-electron chi connectivity index (χ3n) is 9.24. The molecule has 0 fully saturated rings. The minimum atomic E-state index is 0.896. The Kier molecular flexibility index (Phi) is 6.84. The van der Waals surface area contributed by atoms with Crippen molar-refractivity contribution in [1.29, 1.82) is 0 Å². The lowest BCUT2D eigenvalue weighted by atomic mass is 9.98. The average Bonchev–Trinajstić information content (AvgIpc) is 3.53. The smallest absolute Gasteiger partial charge is 0.143 e. The van der Waals surface area contributed by atoms with Gasteiger partial charge in [-0.15, -0.1) is 0 Å². The maximum Gasteiger partial charge on any atom is 0.143 e. The lowest BCUT2D eigenvalue weighted by molar-refractivity contribution is 0.670. The zero-order chi connectivity index (χ0) is 31.9. The third-order valence-corrected chi connectivity index (χ3v) is 9.24. The monoisotopic (exact) mass is 613 g/mol. The van der Waals surface area contributed by atoms with Gasteiger partial charge in [0.1, 0.15) is 11.2 Å². The van der Waals surface area contributed by atoms with E-state index in [2.05, 4.69) is 193 Å². The molecule has 0 bridgehead atoms. The van der Waals surface area contributed by atoms with Crippen LogP contribution in [0.5, 0.6) is 0 Å². The molecule has 0 N–H and O–H groups in total. The van der Waals surface area contributed by atoms with Crippen LogP contribution in [0, 0.1) is 0 Å². The van der Waals surface area contributed by atoms with Crippen LogP contribution in [0.3, 0.4) is 0 Å². The van der Waals surface area contributed by atoms with Gasteiger partial charge in [-0.1, -0.05) is 146 Å². The first kappa shape index (κ1) is 27.9. The number of nitrogens with zero attached hydrogens (tertiary/aromatic N) is 1. The van der Waals surface area contributed by atoms with Crippen molar-refractivity contribution in [2.45, 2.75) is 0 Å². The van der Waals surface area contributed by atoms with E-state index in [1.807, 2.05) is 0 Å². The lowest BCUT2D eigenvalue weighted by Crippen LogP contribution is -2.11. The number of benzene rings is 8. The molecule has 0 radical (unpaired) electrons. The Bertz CT molecular complexity index is 2550. The zero-order valence-corrected chi connectivity index (χ0v) is 26.3. The van der Waals surface area contributed by atoms with Gasteiger partial charge in [0, 0.05) is 33.3 Å². The standard InChI is InChI=1S/C46H31NO/c1-3-13-32(14-4-1)34-25-27-38(28-26-34)47(39-20-11-19-35(29-39)33-15-5-2-6-16-33)44-24-10-9-21-40(44)41-22-12-23-42-43-30-36-17-7-8-18-37(36)31-45(43)48-46(41)42/h1-31H. The first-order valence-corrected chi connectivity index (χ1v) is 16.3. The summed E-state index contributed by atoms with van der Waals surface area (Å²) < 4.78 is 6.72. The van der Waals surface area contributed by atoms with Gasteiger partial charge in [-0.3, -0.25) is 0 Å². The molecule has 2 nitrogen and oxygen atoms in total. The van der Waals surface area contributed by atoms with Gasteiger partial charge in [-0.2, -0.15) is 0 Å². The van der Waals surface area contributed by atoms with E-state index in [0.29, 0.717) is 0 Å². The van der Waals surface area contributed by atoms with E-state index in [1.54, 1.807) is 0 Å². The second-order valence-corrected chi connectivity index (χ2v) is 12.2. The fourth-order valence-electron chi connectivity index (χ4n) is 6.91. The van der Waals surface area contributed by atoms with Crippen LogP contribution in [0.15, 0.2) is 192 Å². The van der Waals surface area contributed by atoms with Crippen LogP contribution in [-0.4, -0.2) is 0 Å². The van der Waals surface area contributed by atoms with Gasteiger partial charge in [0.15, 0.2) is 0 Å². The van der Waals surface area contributed by atoms with Crippen molar-refractivity contribution in [3.05, 3.63) is 188 Å². The average molecular weight is 614 g/mol. The SMILES string of the molecule is c1ccc(-c2ccc(N(c3cccc(-c4ccccc4)c3)c3ccccc3-c3cccc4c3oc3cc5ccccc5cc34)cc2)cc1. The minimum absolute atomic E-state index is 0.896. The van der Waals surface area contributed by atoms with Crippen molar-refractivity contribution in [3.63, 3.8) is 0 Å². The molecule has 48 heavy (non-hydrogen) atoms. The molecule has 1 heterocycles. The normalized spacial score (nSPS) is 11.3. The molecule has 8 aromatic carbocycles. The van der Waals surface area contributed by atoms with Crippen LogP contribution in [0.25, 0.3) is 66.1 Å². The number of hydrogen-bond donors (Lipinski definition) is 0. The molecular formula is C46H31NO. The molecule has 2 heteroatoms. The van der Waals surface area contributed by atoms with Crippen LogP contribution < -0.4 is 4.90 Å². The van der Waals surface area contributed by atoms with Crippen LogP contribution in [0.2, 0.25) is 0 Å². The van der Waals surface area contributed by atoms with E-state index in [9.17, 15) is 0 Å². The molecule has 0 saturated heterocycles. The van der Waals surface area contributed by atoms with Crippen molar-refractivity contribution < 1.29 is 4.42 Å². The number of furan rings is 1. The fourth-order valence-corrected chi connectivity index (χ4v) is 6.91. The Hall–Kier alpha value is -6.38. The molecule has 0 atom stereocenters. The molecule has 226 valence electrons. The summed E-state index contributed by atoms with van der Waals surface area (Å²) in [6.07, 6.45) is 0. The molecule has 0 saturated carbocycles. The summed E-state index contributed by atoms with van der Waals surface area (Å²) in [5.41, 5.74) is 11.9. The van der Waals surface area contributed by atoms with Gasteiger partial charge < -0.3 is 9.32 Å². The number of anilines is 3. The summed E-state index contributed by atoms with van der Waals surface area (Å²) in [4.78, 5) is 2.37. The van der Waals surface area contributed by atoms with Crippen molar-refractivity contribution in [1.82, 2.24) is 0 Å². The van der Waals surface area contributed by atoms with Crippen LogP contribution in [0.4, 0.5) is 17.1 Å². The van der Waals surface area contributed by atoms with Crippen molar-refractivity contribution in [2.24, 2.45) is 0 Å². The molecule has 9 aromatic rings. The number of hydrogen-bond acceptors (Lipinski definition) is 2. The van der Waals surface area contributed by atoms with E-state index in [4.69, 9.17) is 4.42 Å². The highest BCUT2D eigenvalue weighted by Gasteiger charge is 2.21. The van der Waals surface area contributed by atoms with Crippen LogP contribution in [0.1, 0.15) is 0 Å². The molecule has 0 aliphatic heterocycles. The van der Waals surface area contributed by atoms with Gasteiger partial charge in [0.05, 0.1) is 5.69 Å². The third kappa shape index (κ3) is 4.92. The van der Waals surface area contributed by atoms with Crippen LogP contribution in [-0.2, 0) is 0 Å². The Balaban J connectivity index is 1.25. The minimum Gasteiger partial charge on any atom is -0.455 e. The zero-order valence-electron chi connectivity index (χ0n) is 26.3. The first-order chi connectivity index (χ1) is 23.8. The fraction of sp³-hybridized carbons (Fsp3) is 0. The Morgan fingerprint density at radius 1 is 0.354 bits per heavy atom. The second kappa shape index (κ2) is 11.8. The molecule has 0 amide bonds. The van der Waals surface area contributed by atoms with Crippen molar-refractivity contribution in [3.8, 4) is 33.4 Å². The number of fused-ring (bicyclic) bond motifs is 4. The van der Waals surface area contributed by atoms with E-state index >= 15 is 0 Å². The second-order valence-electron chi connectivity index (χ2n) is 12.2. The lowest BCUT2D eigenvalue weighted by Gasteiger charge is -2.28. The van der Waals surface area contributed by atoms with E-state index in [1.165, 1.54) is 33.0 Å². The summed E-state index contributed by atoms with van der Waals surface area (Å²) in [5.74, 6) is 0. The summed E-state index contributed by atoms with van der Waals surface area (Å²) in [7, 11) is 0. The molecule has 1 aromatic heterocycles. The highest BCUT2D eigenvalue weighted by atomic mass is 16.3. The van der Waals surface area contributed by atoms with Crippen molar-refractivity contribution >= 4 is 49.8 Å². The predicted molar refractivity (Wildman–Crippen MR) is 202 cm³/mol. The summed E-state index contributed by atoms with van der Waals surface area (Å²) in [6.45, 7) is 0. The highest BCUT2D eigenvalue weighted by Crippen LogP contribution is 2.45. The van der Waals surface area contributed by atoms with Gasteiger partial charge in [-0.25, -0.2) is 0 Å². The Labute approximate surface area is 279 Å². The molecule has 0 spiro atoms. The topological polar surface area (TPSA) is 16.4 Å². The molecule has 9 rings (SSSR count). The van der Waals surface area contributed by atoms with E-state index < -0.39 is 0 Å². The highest BCUT2D eigenvalue weighted by molar-refractivity contribution is 6.14. The van der Waals surface area contributed by atoms with Crippen molar-refractivity contribution in [2.75, 3.05) is 4.90 Å². The number of para-hydroxylation sites is 2. The van der Waals surface area contributed by atoms with Gasteiger partial charge in [-0.05, 0) is 75.5 Å². The summed E-state index contributed by atoms with van der Waals surface area (Å²) in [5, 5.41) is 4.64. The predicted octanol–water partition coefficient (Wildman–Crippen LogP) is 13.2. The van der Waals surface area contributed by atoms with Gasteiger partial charge in [0.2, 0.25) is 0 Å². The largest absolute Gasteiger partial charge is 0.455 e. The summed E-state index contributed by atoms with van der Waals surface area (Å²) in [6, 6.07) is 66.8. The maximum atomic E-state index is 6.72. The van der Waals surface area contributed by atoms with E-state index in [-0.39, 0.29) is 0 Å². The number of rotatable bonds is 6. The van der Waals surface area contributed by atoms with E-state index in [0.717, 1.165) is 50.1 Å². The van der Waals surface area contributed by atoms with Gasteiger partial charge >= 0.3 is 0 Å².